The number of carbonyl (C=O) groups is 2. The molecule has 0 aromatic carbocycles. The lowest BCUT2D eigenvalue weighted by molar-refractivity contribution is -0.126. The maximum Gasteiger partial charge on any atom is 0.322 e. The molecular formula is C17H22N4O3S. The first-order valence-electron chi connectivity index (χ1n) is 8.54. The Bertz CT molecular complexity index is 697. The van der Waals surface area contributed by atoms with Crippen molar-refractivity contribution in [2.75, 3.05) is 53.0 Å². The van der Waals surface area contributed by atoms with E-state index in [2.05, 4.69) is 10.2 Å². The van der Waals surface area contributed by atoms with E-state index in [1.54, 1.807) is 23.3 Å². The number of rotatable bonds is 4. The van der Waals surface area contributed by atoms with E-state index in [0.717, 1.165) is 44.1 Å². The van der Waals surface area contributed by atoms with Gasteiger partial charge in [-0.3, -0.25) is 14.6 Å². The van der Waals surface area contributed by atoms with Gasteiger partial charge in [-0.25, -0.2) is 4.79 Å². The predicted octanol–water partition coefficient (Wildman–Crippen LogP) is 0.873. The van der Waals surface area contributed by atoms with Gasteiger partial charge in [-0.1, -0.05) is 0 Å². The van der Waals surface area contributed by atoms with E-state index < -0.39 is 0 Å². The molecule has 0 radical (unpaired) electrons. The molecule has 0 unspecified atom stereocenters. The zero-order chi connectivity index (χ0) is 17.4. The number of hydrogen-bond acceptors (Lipinski definition) is 5. The van der Waals surface area contributed by atoms with Gasteiger partial charge in [0.15, 0.2) is 0 Å². The van der Waals surface area contributed by atoms with Gasteiger partial charge in [0.05, 0.1) is 37.1 Å². The molecule has 3 amide bonds. The predicted molar refractivity (Wildman–Crippen MR) is 94.2 cm³/mol. The lowest BCUT2D eigenvalue weighted by Crippen LogP contribution is -2.45. The van der Waals surface area contributed by atoms with Crippen LogP contribution >= 0.6 is 11.3 Å². The van der Waals surface area contributed by atoms with Crippen molar-refractivity contribution in [3.63, 3.8) is 0 Å². The monoisotopic (exact) mass is 362 g/mol. The lowest BCUT2D eigenvalue weighted by atomic mass is 9.98. The zero-order valence-corrected chi connectivity index (χ0v) is 15.1. The standard InChI is InChI=1S/C17H22N4O3S/c1-19-13-10-21(4-3-20-5-7-24-8-6-20)16(22)14(13)15(18-17(19)23)12-2-9-25-11-12/h2,9,11,15H,3-8,10H2,1H3,(H,18,23)/t15-/m0/s1. The van der Waals surface area contributed by atoms with Gasteiger partial charge < -0.3 is 15.0 Å². The summed E-state index contributed by atoms with van der Waals surface area (Å²) >= 11 is 1.57. The first-order chi connectivity index (χ1) is 12.1. The molecule has 1 aromatic heterocycles. The van der Waals surface area contributed by atoms with E-state index in [1.165, 1.54) is 0 Å². The Labute approximate surface area is 150 Å². The van der Waals surface area contributed by atoms with E-state index in [0.29, 0.717) is 18.7 Å². The van der Waals surface area contributed by atoms with Crippen LogP contribution in [0.2, 0.25) is 0 Å². The molecule has 1 fully saturated rings. The Morgan fingerprint density at radius 2 is 2.08 bits per heavy atom. The smallest absolute Gasteiger partial charge is 0.322 e. The summed E-state index contributed by atoms with van der Waals surface area (Å²) in [5, 5.41) is 6.92. The SMILES string of the molecule is CN1C(=O)N[C@@H](c2ccsc2)C2=C1CN(CCN1CCOCC1)C2=O. The van der Waals surface area contributed by atoms with E-state index in [1.807, 2.05) is 21.7 Å². The van der Waals surface area contributed by atoms with Gasteiger partial charge in [0.1, 0.15) is 0 Å². The molecule has 134 valence electrons. The third-order valence-electron chi connectivity index (χ3n) is 5.10. The fourth-order valence-electron chi connectivity index (χ4n) is 3.58. The third-order valence-corrected chi connectivity index (χ3v) is 5.80. The molecule has 3 aliphatic rings. The van der Waals surface area contributed by atoms with Crippen LogP contribution in [0.4, 0.5) is 4.79 Å². The van der Waals surface area contributed by atoms with Crippen molar-refractivity contribution >= 4 is 23.3 Å². The summed E-state index contributed by atoms with van der Waals surface area (Å²) in [4.78, 5) is 31.1. The second kappa shape index (κ2) is 6.78. The van der Waals surface area contributed by atoms with E-state index in [9.17, 15) is 9.59 Å². The number of nitrogens with one attached hydrogen (secondary N) is 1. The topological polar surface area (TPSA) is 65.1 Å². The van der Waals surface area contributed by atoms with E-state index >= 15 is 0 Å². The number of hydrogen-bond donors (Lipinski definition) is 1. The molecule has 1 saturated heterocycles. The van der Waals surface area contributed by atoms with Crippen LogP contribution in [0.5, 0.6) is 0 Å². The van der Waals surface area contributed by atoms with Crippen LogP contribution in [0.3, 0.4) is 0 Å². The fraction of sp³-hybridized carbons (Fsp3) is 0.529. The van der Waals surface area contributed by atoms with E-state index in [4.69, 9.17) is 4.74 Å². The van der Waals surface area contributed by atoms with E-state index in [-0.39, 0.29) is 18.0 Å². The summed E-state index contributed by atoms with van der Waals surface area (Å²) in [5.74, 6) is 0.0336. The van der Waals surface area contributed by atoms with Crippen molar-refractivity contribution in [1.82, 2.24) is 20.0 Å². The van der Waals surface area contributed by atoms with Crippen molar-refractivity contribution in [2.24, 2.45) is 0 Å². The molecule has 7 nitrogen and oxygen atoms in total. The first kappa shape index (κ1) is 16.6. The van der Waals surface area contributed by atoms with Gasteiger partial charge in [-0.15, -0.1) is 0 Å². The number of nitrogens with zero attached hydrogens (tertiary/aromatic N) is 3. The largest absolute Gasteiger partial charge is 0.379 e. The van der Waals surface area contributed by atoms with Gasteiger partial charge in [-0.05, 0) is 22.4 Å². The van der Waals surface area contributed by atoms with Crippen LogP contribution < -0.4 is 5.32 Å². The Kier molecular flexibility index (Phi) is 4.49. The molecule has 1 N–H and O–H groups in total. The van der Waals surface area contributed by atoms with Gasteiger partial charge in [-0.2, -0.15) is 11.3 Å². The quantitative estimate of drug-likeness (QED) is 0.863. The molecule has 4 heterocycles. The van der Waals surface area contributed by atoms with Crippen molar-refractivity contribution in [2.45, 2.75) is 6.04 Å². The lowest BCUT2D eigenvalue weighted by Gasteiger charge is -2.30. The number of morpholine rings is 1. The molecule has 1 aromatic rings. The van der Waals surface area contributed by atoms with Crippen LogP contribution in [0.25, 0.3) is 0 Å². The Balaban J connectivity index is 1.51. The highest BCUT2D eigenvalue weighted by molar-refractivity contribution is 7.08. The van der Waals surface area contributed by atoms with Crippen molar-refractivity contribution < 1.29 is 14.3 Å². The average molecular weight is 362 g/mol. The number of likely N-dealkylation sites (N-methyl/N-ethyl adjacent to an activating group) is 1. The number of ether oxygens (including phenoxy) is 1. The van der Waals surface area contributed by atoms with Crippen molar-refractivity contribution in [3.8, 4) is 0 Å². The average Bonchev–Trinajstić information content (AvgIpc) is 3.26. The first-order valence-corrected chi connectivity index (χ1v) is 9.48. The Hall–Kier alpha value is -1.90. The highest BCUT2D eigenvalue weighted by Crippen LogP contribution is 2.36. The zero-order valence-electron chi connectivity index (χ0n) is 14.2. The molecule has 3 aliphatic heterocycles. The molecular weight excluding hydrogens is 340 g/mol. The Morgan fingerprint density at radius 1 is 1.28 bits per heavy atom. The van der Waals surface area contributed by atoms with Gasteiger partial charge >= 0.3 is 6.03 Å². The minimum absolute atomic E-state index is 0.0336. The molecule has 0 aliphatic carbocycles. The van der Waals surface area contributed by atoms with Gasteiger partial charge in [0.25, 0.3) is 5.91 Å². The molecule has 4 rings (SSSR count). The second-order valence-corrected chi connectivity index (χ2v) is 7.32. The molecule has 0 bridgehead atoms. The normalized spacial score (nSPS) is 24.8. The maximum atomic E-state index is 13.0. The summed E-state index contributed by atoms with van der Waals surface area (Å²) in [6.07, 6.45) is 0. The minimum Gasteiger partial charge on any atom is -0.379 e. The highest BCUT2D eigenvalue weighted by atomic mass is 32.1. The van der Waals surface area contributed by atoms with Crippen LogP contribution in [0.15, 0.2) is 28.1 Å². The second-order valence-electron chi connectivity index (χ2n) is 6.54. The summed E-state index contributed by atoms with van der Waals surface area (Å²) in [7, 11) is 1.73. The maximum absolute atomic E-state index is 13.0. The van der Waals surface area contributed by atoms with Crippen LogP contribution in [0, 0.1) is 0 Å². The van der Waals surface area contributed by atoms with Gasteiger partial charge in [0.2, 0.25) is 0 Å². The van der Waals surface area contributed by atoms with Crippen molar-refractivity contribution in [1.29, 1.82) is 0 Å². The highest BCUT2D eigenvalue weighted by Gasteiger charge is 2.42. The number of amides is 3. The minimum atomic E-state index is -0.342. The van der Waals surface area contributed by atoms with Crippen molar-refractivity contribution in [3.05, 3.63) is 33.7 Å². The summed E-state index contributed by atoms with van der Waals surface area (Å²) in [6, 6.07) is 1.47. The molecule has 25 heavy (non-hydrogen) atoms. The summed E-state index contributed by atoms with van der Waals surface area (Å²) < 4.78 is 5.37. The summed E-state index contributed by atoms with van der Waals surface area (Å²) in [5.41, 5.74) is 2.51. The molecule has 0 saturated carbocycles. The number of thiophene rings is 1. The van der Waals surface area contributed by atoms with Crippen LogP contribution in [-0.4, -0.2) is 79.6 Å². The molecule has 1 atom stereocenters. The number of carbonyl (C=O) groups excluding carboxylic acids is 2. The summed E-state index contributed by atoms with van der Waals surface area (Å²) in [6.45, 7) is 5.34. The molecule has 0 spiro atoms. The third kappa shape index (κ3) is 3.05. The van der Waals surface area contributed by atoms with Gasteiger partial charge in [0, 0.05) is 33.2 Å². The van der Waals surface area contributed by atoms with Crippen LogP contribution in [-0.2, 0) is 9.53 Å². The number of urea groups is 1. The van der Waals surface area contributed by atoms with Crippen LogP contribution in [0.1, 0.15) is 11.6 Å². The fourth-order valence-corrected chi connectivity index (χ4v) is 4.27. The Morgan fingerprint density at radius 3 is 2.80 bits per heavy atom. The molecule has 8 heteroatoms.